The van der Waals surface area contributed by atoms with Gasteiger partial charge in [0.2, 0.25) is 5.91 Å². The largest absolute Gasteiger partial charge is 0.361 e. The van der Waals surface area contributed by atoms with Gasteiger partial charge in [-0.15, -0.1) is 0 Å². The fraction of sp³-hybridized carbons (Fsp3) is 0.308. The lowest BCUT2D eigenvalue weighted by molar-refractivity contribution is -0.120. The number of carbonyl (C=O) groups excluding carboxylic acids is 1. The van der Waals surface area contributed by atoms with Gasteiger partial charge in [-0.3, -0.25) is 4.79 Å². The van der Waals surface area contributed by atoms with Crippen LogP contribution in [0.15, 0.2) is 24.4 Å². The number of rotatable bonds is 5. The van der Waals surface area contributed by atoms with E-state index in [4.69, 9.17) is 11.6 Å². The van der Waals surface area contributed by atoms with Crippen molar-refractivity contribution < 1.29 is 4.79 Å². The van der Waals surface area contributed by atoms with E-state index < -0.39 is 0 Å². The van der Waals surface area contributed by atoms with Crippen molar-refractivity contribution in [1.82, 2.24) is 15.6 Å². The molecule has 0 aliphatic rings. The lowest BCUT2D eigenvalue weighted by Crippen LogP contribution is -2.33. The summed E-state index contributed by atoms with van der Waals surface area (Å²) in [5.41, 5.74) is 2.14. The predicted molar refractivity (Wildman–Crippen MR) is 73.7 cm³/mol. The van der Waals surface area contributed by atoms with Crippen LogP contribution in [0.1, 0.15) is 12.5 Å². The summed E-state index contributed by atoms with van der Waals surface area (Å²) >= 11 is 5.92. The average molecular weight is 266 g/mol. The minimum atomic E-state index is 0.0142. The van der Waals surface area contributed by atoms with Crippen LogP contribution in [0.2, 0.25) is 5.02 Å². The van der Waals surface area contributed by atoms with Gasteiger partial charge in [-0.1, -0.05) is 17.7 Å². The molecule has 96 valence electrons. The minimum absolute atomic E-state index is 0.0142. The monoisotopic (exact) mass is 265 g/mol. The summed E-state index contributed by atoms with van der Waals surface area (Å²) < 4.78 is 0. The third kappa shape index (κ3) is 3.03. The quantitative estimate of drug-likeness (QED) is 0.775. The maximum atomic E-state index is 11.3. The van der Waals surface area contributed by atoms with Crippen molar-refractivity contribution in [3.8, 4) is 0 Å². The maximum Gasteiger partial charge on any atom is 0.233 e. The molecule has 0 radical (unpaired) electrons. The van der Waals surface area contributed by atoms with E-state index in [1.54, 1.807) is 0 Å². The van der Waals surface area contributed by atoms with Gasteiger partial charge in [0, 0.05) is 35.2 Å². The van der Waals surface area contributed by atoms with Crippen molar-refractivity contribution >= 4 is 28.4 Å². The van der Waals surface area contributed by atoms with E-state index in [1.807, 2.05) is 31.3 Å². The molecule has 4 nitrogen and oxygen atoms in total. The molecule has 18 heavy (non-hydrogen) atoms. The molecule has 3 N–H and O–H groups in total. The molecule has 1 amide bonds. The zero-order valence-corrected chi connectivity index (χ0v) is 11.0. The smallest absolute Gasteiger partial charge is 0.233 e. The first kappa shape index (κ1) is 12.9. The lowest BCUT2D eigenvalue weighted by atomic mass is 10.2. The highest BCUT2D eigenvalue weighted by molar-refractivity contribution is 6.31. The number of likely N-dealkylation sites (N-methyl/N-ethyl adjacent to an activating group) is 1. The van der Waals surface area contributed by atoms with Crippen LogP contribution in [0.25, 0.3) is 10.9 Å². The Morgan fingerprint density at radius 2 is 2.28 bits per heavy atom. The topological polar surface area (TPSA) is 56.9 Å². The molecule has 0 spiro atoms. The van der Waals surface area contributed by atoms with Gasteiger partial charge in [0.25, 0.3) is 0 Å². The number of halogens is 1. The van der Waals surface area contributed by atoms with Crippen LogP contribution in [-0.2, 0) is 11.3 Å². The Labute approximate surface area is 111 Å². The first-order valence-corrected chi connectivity index (χ1v) is 6.31. The Morgan fingerprint density at radius 3 is 3.06 bits per heavy atom. The van der Waals surface area contributed by atoms with E-state index in [1.165, 1.54) is 0 Å². The van der Waals surface area contributed by atoms with Crippen molar-refractivity contribution in [1.29, 1.82) is 0 Å². The standard InChI is InChI=1S/C13H16ClN3O/c1-2-16-13(18)8-15-6-9-7-17-12-5-10(14)3-4-11(9)12/h3-5,7,15,17H,2,6,8H2,1H3,(H,16,18). The molecule has 0 saturated heterocycles. The van der Waals surface area contributed by atoms with Crippen molar-refractivity contribution in [2.24, 2.45) is 0 Å². The highest BCUT2D eigenvalue weighted by Crippen LogP contribution is 2.21. The number of benzene rings is 1. The molecule has 2 rings (SSSR count). The molecule has 1 heterocycles. The molecule has 0 unspecified atom stereocenters. The Morgan fingerprint density at radius 1 is 1.44 bits per heavy atom. The number of hydrogen-bond donors (Lipinski definition) is 3. The van der Waals surface area contributed by atoms with Gasteiger partial charge in [0.1, 0.15) is 0 Å². The predicted octanol–water partition coefficient (Wildman–Crippen LogP) is 2.05. The van der Waals surface area contributed by atoms with Crippen molar-refractivity contribution in [2.45, 2.75) is 13.5 Å². The van der Waals surface area contributed by atoms with Crippen LogP contribution in [0, 0.1) is 0 Å². The summed E-state index contributed by atoms with van der Waals surface area (Å²) in [4.78, 5) is 14.4. The molecule has 1 aromatic carbocycles. The number of aromatic nitrogens is 1. The van der Waals surface area contributed by atoms with Crippen LogP contribution < -0.4 is 10.6 Å². The Balaban J connectivity index is 1.98. The van der Waals surface area contributed by atoms with Gasteiger partial charge in [0.05, 0.1) is 6.54 Å². The van der Waals surface area contributed by atoms with E-state index in [2.05, 4.69) is 15.6 Å². The zero-order valence-electron chi connectivity index (χ0n) is 10.2. The Hall–Kier alpha value is -1.52. The lowest BCUT2D eigenvalue weighted by Gasteiger charge is -2.04. The number of amides is 1. The molecule has 0 bridgehead atoms. The van der Waals surface area contributed by atoms with Crippen LogP contribution in [0.5, 0.6) is 0 Å². The summed E-state index contributed by atoms with van der Waals surface area (Å²) in [6, 6.07) is 5.74. The number of carbonyl (C=O) groups is 1. The minimum Gasteiger partial charge on any atom is -0.361 e. The van der Waals surface area contributed by atoms with Crippen LogP contribution >= 0.6 is 11.6 Å². The average Bonchev–Trinajstić information content (AvgIpc) is 2.72. The highest BCUT2D eigenvalue weighted by Gasteiger charge is 2.04. The molecule has 0 aliphatic heterocycles. The Kier molecular flexibility index (Phi) is 4.23. The number of hydrogen-bond acceptors (Lipinski definition) is 2. The molecular formula is C13H16ClN3O. The molecule has 0 fully saturated rings. The molecule has 0 aliphatic carbocycles. The second-order valence-corrected chi connectivity index (χ2v) is 4.50. The van der Waals surface area contributed by atoms with Gasteiger partial charge < -0.3 is 15.6 Å². The summed E-state index contributed by atoms with van der Waals surface area (Å²) in [6.07, 6.45) is 1.94. The van der Waals surface area contributed by atoms with Crippen LogP contribution in [0.3, 0.4) is 0 Å². The van der Waals surface area contributed by atoms with Crippen molar-refractivity contribution in [3.05, 3.63) is 35.0 Å². The van der Waals surface area contributed by atoms with Gasteiger partial charge in [-0.25, -0.2) is 0 Å². The second-order valence-electron chi connectivity index (χ2n) is 4.06. The van der Waals surface area contributed by atoms with Crippen LogP contribution in [-0.4, -0.2) is 24.0 Å². The SMILES string of the molecule is CCNC(=O)CNCc1c[nH]c2cc(Cl)ccc12. The number of fused-ring (bicyclic) bond motifs is 1. The summed E-state index contributed by atoms with van der Waals surface area (Å²) in [6.45, 7) is 3.54. The molecular weight excluding hydrogens is 250 g/mol. The van der Waals surface area contributed by atoms with E-state index in [9.17, 15) is 4.79 Å². The molecule has 2 aromatic rings. The van der Waals surface area contributed by atoms with E-state index in [0.717, 1.165) is 16.5 Å². The van der Waals surface area contributed by atoms with E-state index in [0.29, 0.717) is 24.7 Å². The normalized spacial score (nSPS) is 10.8. The van der Waals surface area contributed by atoms with Gasteiger partial charge >= 0.3 is 0 Å². The second kappa shape index (κ2) is 5.89. The first-order chi connectivity index (χ1) is 8.70. The summed E-state index contributed by atoms with van der Waals surface area (Å²) in [7, 11) is 0. The molecule has 0 atom stereocenters. The Bertz CT molecular complexity index is 550. The molecule has 0 saturated carbocycles. The highest BCUT2D eigenvalue weighted by atomic mass is 35.5. The first-order valence-electron chi connectivity index (χ1n) is 5.93. The summed E-state index contributed by atoms with van der Waals surface area (Å²) in [5, 5.41) is 7.70. The van der Waals surface area contributed by atoms with Crippen molar-refractivity contribution in [3.63, 3.8) is 0 Å². The van der Waals surface area contributed by atoms with Gasteiger partial charge in [-0.2, -0.15) is 0 Å². The van der Waals surface area contributed by atoms with Crippen LogP contribution in [0.4, 0.5) is 0 Å². The zero-order chi connectivity index (χ0) is 13.0. The fourth-order valence-electron chi connectivity index (χ4n) is 1.88. The third-order valence-corrected chi connectivity index (χ3v) is 2.94. The number of H-pyrrole nitrogens is 1. The molecule has 1 aromatic heterocycles. The fourth-order valence-corrected chi connectivity index (χ4v) is 2.05. The van der Waals surface area contributed by atoms with Gasteiger partial charge in [-0.05, 0) is 24.6 Å². The maximum absolute atomic E-state index is 11.3. The van der Waals surface area contributed by atoms with E-state index >= 15 is 0 Å². The molecule has 5 heteroatoms. The van der Waals surface area contributed by atoms with E-state index in [-0.39, 0.29) is 5.91 Å². The number of aromatic amines is 1. The van der Waals surface area contributed by atoms with Gasteiger partial charge in [0.15, 0.2) is 0 Å². The third-order valence-electron chi connectivity index (χ3n) is 2.70. The number of nitrogens with one attached hydrogen (secondary N) is 3. The summed E-state index contributed by atoms with van der Waals surface area (Å²) in [5.74, 6) is 0.0142. The van der Waals surface area contributed by atoms with Crippen molar-refractivity contribution in [2.75, 3.05) is 13.1 Å².